The van der Waals surface area contributed by atoms with Gasteiger partial charge in [0.25, 0.3) is 5.91 Å². The Morgan fingerprint density at radius 1 is 0.889 bits per heavy atom. The molecule has 0 bridgehead atoms. The van der Waals surface area contributed by atoms with Crippen molar-refractivity contribution in [2.75, 3.05) is 13.2 Å². The van der Waals surface area contributed by atoms with Crippen LogP contribution in [0.3, 0.4) is 0 Å². The number of ether oxygens (including phenoxy) is 1. The lowest BCUT2D eigenvalue weighted by atomic mass is 10.1. The van der Waals surface area contributed by atoms with Crippen molar-refractivity contribution >= 4 is 16.9 Å². The van der Waals surface area contributed by atoms with Gasteiger partial charge >= 0.3 is 0 Å². The monoisotopic (exact) mass is 483 g/mol. The molecule has 3 aromatic carbocycles. The predicted octanol–water partition coefficient (Wildman–Crippen LogP) is 6.57. The maximum atomic E-state index is 12.3. The minimum atomic E-state index is 0.00330. The zero-order valence-corrected chi connectivity index (χ0v) is 21.7. The van der Waals surface area contributed by atoms with E-state index < -0.39 is 0 Å². The summed E-state index contributed by atoms with van der Waals surface area (Å²) in [5.41, 5.74) is 6.45. The molecule has 36 heavy (non-hydrogen) atoms. The molecular weight excluding hydrogens is 446 g/mol. The number of carbonyl (C=O) groups excluding carboxylic acids is 1. The van der Waals surface area contributed by atoms with Gasteiger partial charge in [-0.3, -0.25) is 4.79 Å². The molecule has 188 valence electrons. The Morgan fingerprint density at radius 2 is 1.72 bits per heavy atom. The number of imidazole rings is 1. The van der Waals surface area contributed by atoms with Gasteiger partial charge in [0.1, 0.15) is 11.6 Å². The third kappa shape index (κ3) is 6.75. The van der Waals surface area contributed by atoms with Gasteiger partial charge in [-0.05, 0) is 81.5 Å². The Morgan fingerprint density at radius 3 is 2.58 bits per heavy atom. The number of unbranched alkanes of at least 4 members (excludes halogenated alkanes) is 2. The van der Waals surface area contributed by atoms with Crippen molar-refractivity contribution in [1.29, 1.82) is 0 Å². The van der Waals surface area contributed by atoms with Crippen molar-refractivity contribution in [1.82, 2.24) is 14.9 Å². The molecule has 0 aliphatic heterocycles. The Bertz CT molecular complexity index is 1310. The topological polar surface area (TPSA) is 56.2 Å². The van der Waals surface area contributed by atoms with Gasteiger partial charge in [-0.25, -0.2) is 4.98 Å². The summed E-state index contributed by atoms with van der Waals surface area (Å²) in [7, 11) is 0. The molecule has 1 amide bonds. The van der Waals surface area contributed by atoms with Crippen LogP contribution in [-0.2, 0) is 13.0 Å². The molecule has 0 spiro atoms. The number of benzene rings is 3. The number of hydrogen-bond donors (Lipinski definition) is 1. The molecule has 1 aromatic heterocycles. The van der Waals surface area contributed by atoms with Crippen LogP contribution in [0.25, 0.3) is 11.0 Å². The van der Waals surface area contributed by atoms with Crippen LogP contribution >= 0.6 is 0 Å². The molecular formula is C31H37N3O2. The minimum absolute atomic E-state index is 0.00330. The average Bonchev–Trinajstić information content (AvgIpc) is 3.23. The van der Waals surface area contributed by atoms with E-state index in [2.05, 4.69) is 60.1 Å². The van der Waals surface area contributed by atoms with Crippen LogP contribution in [-0.4, -0.2) is 28.6 Å². The van der Waals surface area contributed by atoms with Crippen LogP contribution in [0.2, 0.25) is 0 Å². The van der Waals surface area contributed by atoms with Gasteiger partial charge < -0.3 is 14.6 Å². The number of para-hydroxylation sites is 2. The highest BCUT2D eigenvalue weighted by Crippen LogP contribution is 2.21. The van der Waals surface area contributed by atoms with E-state index in [1.807, 2.05) is 37.3 Å². The summed E-state index contributed by atoms with van der Waals surface area (Å²) >= 11 is 0. The first-order chi connectivity index (χ1) is 17.5. The lowest BCUT2D eigenvalue weighted by Gasteiger charge is -2.12. The normalized spacial score (nSPS) is 11.1. The third-order valence-electron chi connectivity index (χ3n) is 6.50. The summed E-state index contributed by atoms with van der Waals surface area (Å²) in [6.45, 7) is 8.43. The number of nitrogens with zero attached hydrogens (tertiary/aromatic N) is 2. The highest BCUT2D eigenvalue weighted by molar-refractivity contribution is 5.94. The first-order valence-electron chi connectivity index (χ1n) is 13.0. The van der Waals surface area contributed by atoms with Crippen LogP contribution in [0.4, 0.5) is 0 Å². The van der Waals surface area contributed by atoms with Crippen LogP contribution in [0.1, 0.15) is 58.6 Å². The highest BCUT2D eigenvalue weighted by Gasteiger charge is 2.11. The summed E-state index contributed by atoms with van der Waals surface area (Å²) in [6, 6.07) is 22.4. The van der Waals surface area contributed by atoms with Gasteiger partial charge in [0.05, 0.1) is 17.6 Å². The first kappa shape index (κ1) is 25.5. The Balaban J connectivity index is 1.26. The smallest absolute Gasteiger partial charge is 0.251 e. The van der Waals surface area contributed by atoms with E-state index in [1.54, 1.807) is 0 Å². The SMILES string of the molecule is Cc1cccc(C(=O)NCCCCCc2nc3ccccc3n2CCCOc2cc(C)ccc2C)c1. The van der Waals surface area contributed by atoms with E-state index >= 15 is 0 Å². The van der Waals surface area contributed by atoms with Crippen LogP contribution in [0.15, 0.2) is 66.7 Å². The van der Waals surface area contributed by atoms with Crippen molar-refractivity contribution in [3.63, 3.8) is 0 Å². The molecule has 5 heteroatoms. The molecule has 0 radical (unpaired) electrons. The lowest BCUT2D eigenvalue weighted by molar-refractivity contribution is 0.0953. The maximum Gasteiger partial charge on any atom is 0.251 e. The average molecular weight is 484 g/mol. The number of fused-ring (bicyclic) bond motifs is 1. The Hall–Kier alpha value is -3.60. The van der Waals surface area contributed by atoms with Gasteiger partial charge in [-0.2, -0.15) is 0 Å². The second-order valence-corrected chi connectivity index (χ2v) is 9.58. The summed E-state index contributed by atoms with van der Waals surface area (Å²) in [6.07, 6.45) is 4.90. The largest absolute Gasteiger partial charge is 0.493 e. The molecule has 4 aromatic rings. The van der Waals surface area contributed by atoms with E-state index in [4.69, 9.17) is 9.72 Å². The fourth-order valence-electron chi connectivity index (χ4n) is 4.51. The van der Waals surface area contributed by atoms with E-state index in [9.17, 15) is 4.79 Å². The van der Waals surface area contributed by atoms with E-state index in [1.165, 1.54) is 16.6 Å². The molecule has 1 N–H and O–H groups in total. The summed E-state index contributed by atoms with van der Waals surface area (Å²) in [5.74, 6) is 2.11. The van der Waals surface area contributed by atoms with Gasteiger partial charge in [-0.15, -0.1) is 0 Å². The summed E-state index contributed by atoms with van der Waals surface area (Å²) in [5, 5.41) is 3.04. The quantitative estimate of drug-likeness (QED) is 0.232. The number of carbonyl (C=O) groups is 1. The minimum Gasteiger partial charge on any atom is -0.493 e. The molecule has 0 atom stereocenters. The first-order valence-corrected chi connectivity index (χ1v) is 13.0. The lowest BCUT2D eigenvalue weighted by Crippen LogP contribution is -2.24. The summed E-state index contributed by atoms with van der Waals surface area (Å²) in [4.78, 5) is 17.2. The zero-order chi connectivity index (χ0) is 25.3. The standard InChI is InChI=1S/C31H37N3O2/c1-23-11-9-12-26(21-23)31(35)32-18-8-4-5-15-30-33-27-13-6-7-14-28(27)34(30)19-10-20-36-29-22-24(2)16-17-25(29)3/h6-7,9,11-14,16-17,21-22H,4-5,8,10,15,18-20H2,1-3H3,(H,32,35). The van der Waals surface area contributed by atoms with Crippen molar-refractivity contribution in [3.05, 3.63) is 94.8 Å². The fourth-order valence-corrected chi connectivity index (χ4v) is 4.51. The number of hydrogen-bond acceptors (Lipinski definition) is 3. The number of nitrogens with one attached hydrogen (secondary N) is 1. The number of rotatable bonds is 12. The van der Waals surface area contributed by atoms with Crippen LogP contribution in [0, 0.1) is 20.8 Å². The molecule has 0 unspecified atom stereocenters. The van der Waals surface area contributed by atoms with E-state index in [-0.39, 0.29) is 5.91 Å². The predicted molar refractivity (Wildman–Crippen MR) is 147 cm³/mol. The van der Waals surface area contributed by atoms with Gasteiger partial charge in [0.15, 0.2) is 0 Å². The van der Waals surface area contributed by atoms with Crippen molar-refractivity contribution in [2.45, 2.75) is 59.4 Å². The van der Waals surface area contributed by atoms with Crippen LogP contribution in [0.5, 0.6) is 5.75 Å². The number of aryl methyl sites for hydroxylation is 5. The molecule has 0 saturated heterocycles. The second kappa shape index (κ2) is 12.4. The van der Waals surface area contributed by atoms with Crippen molar-refractivity contribution in [3.8, 4) is 5.75 Å². The number of aromatic nitrogens is 2. The zero-order valence-electron chi connectivity index (χ0n) is 21.7. The summed E-state index contributed by atoms with van der Waals surface area (Å²) < 4.78 is 8.43. The van der Waals surface area contributed by atoms with Gasteiger partial charge in [-0.1, -0.05) is 48.4 Å². The molecule has 0 fully saturated rings. The van der Waals surface area contributed by atoms with Crippen molar-refractivity contribution < 1.29 is 9.53 Å². The third-order valence-corrected chi connectivity index (χ3v) is 6.50. The van der Waals surface area contributed by atoms with E-state index in [0.717, 1.165) is 66.9 Å². The van der Waals surface area contributed by atoms with E-state index in [0.29, 0.717) is 13.2 Å². The van der Waals surface area contributed by atoms with Crippen molar-refractivity contribution in [2.24, 2.45) is 0 Å². The molecule has 4 rings (SSSR count). The molecule has 0 aliphatic rings. The molecule has 0 saturated carbocycles. The molecule has 0 aliphatic carbocycles. The maximum absolute atomic E-state index is 12.3. The number of amides is 1. The molecule has 5 nitrogen and oxygen atoms in total. The Kier molecular flexibility index (Phi) is 8.77. The van der Waals surface area contributed by atoms with Gasteiger partial charge in [0, 0.05) is 25.1 Å². The molecule has 1 heterocycles. The second-order valence-electron chi connectivity index (χ2n) is 9.58. The van der Waals surface area contributed by atoms with Crippen LogP contribution < -0.4 is 10.1 Å². The highest BCUT2D eigenvalue weighted by atomic mass is 16.5. The fraction of sp³-hybridized carbons (Fsp3) is 0.355. The Labute approximate surface area is 214 Å². The van der Waals surface area contributed by atoms with Gasteiger partial charge in [0.2, 0.25) is 0 Å².